The lowest BCUT2D eigenvalue weighted by Crippen LogP contribution is -2.00. The molecule has 0 heterocycles. The van der Waals surface area contributed by atoms with Crippen LogP contribution in [-0.4, -0.2) is 5.78 Å². The van der Waals surface area contributed by atoms with E-state index < -0.39 is 5.82 Å². The zero-order valence-electron chi connectivity index (χ0n) is 9.91. The van der Waals surface area contributed by atoms with Crippen LogP contribution in [0.25, 0.3) is 21.5 Å². The summed E-state index contributed by atoms with van der Waals surface area (Å²) in [6, 6.07) is 14.7. The van der Waals surface area contributed by atoms with E-state index in [1.807, 2.05) is 30.3 Å². The van der Waals surface area contributed by atoms with E-state index >= 15 is 0 Å². The van der Waals surface area contributed by atoms with Crippen molar-refractivity contribution in [3.05, 3.63) is 59.9 Å². The van der Waals surface area contributed by atoms with E-state index in [1.165, 1.54) is 6.92 Å². The fourth-order valence-electron chi connectivity index (χ4n) is 2.44. The predicted octanol–water partition coefficient (Wildman–Crippen LogP) is 4.33. The summed E-state index contributed by atoms with van der Waals surface area (Å²) >= 11 is 0. The molecule has 3 aromatic rings. The molecule has 0 spiro atoms. The lowest BCUT2D eigenvalue weighted by Gasteiger charge is -2.10. The number of Topliss-reactive ketones (excluding diaryl/α,β-unsaturated/α-hetero) is 1. The topological polar surface area (TPSA) is 17.1 Å². The van der Waals surface area contributed by atoms with Gasteiger partial charge in [0.15, 0.2) is 5.78 Å². The highest BCUT2D eigenvalue weighted by molar-refractivity contribution is 6.17. The van der Waals surface area contributed by atoms with Gasteiger partial charge in [-0.1, -0.05) is 48.5 Å². The third-order valence-corrected chi connectivity index (χ3v) is 3.22. The zero-order chi connectivity index (χ0) is 12.7. The first-order chi connectivity index (χ1) is 8.70. The predicted molar refractivity (Wildman–Crippen MR) is 71.4 cm³/mol. The molecule has 0 saturated carbocycles. The molecule has 0 atom stereocenters. The van der Waals surface area contributed by atoms with Crippen LogP contribution in [0.2, 0.25) is 0 Å². The SMILES string of the molecule is CC(=O)c1c(F)c2ccccc2c2ccccc12. The fourth-order valence-corrected chi connectivity index (χ4v) is 2.44. The Morgan fingerprint density at radius 3 is 1.83 bits per heavy atom. The number of fused-ring (bicyclic) bond motifs is 3. The molecular weight excluding hydrogens is 227 g/mol. The molecule has 0 amide bonds. The van der Waals surface area contributed by atoms with Crippen molar-refractivity contribution >= 4 is 27.3 Å². The minimum atomic E-state index is -0.420. The first kappa shape index (κ1) is 10.9. The monoisotopic (exact) mass is 238 g/mol. The summed E-state index contributed by atoms with van der Waals surface area (Å²) in [5.41, 5.74) is 0.185. The quantitative estimate of drug-likeness (QED) is 0.455. The van der Waals surface area contributed by atoms with Crippen LogP contribution < -0.4 is 0 Å². The Kier molecular flexibility index (Phi) is 2.37. The number of halogens is 1. The number of ketones is 1. The van der Waals surface area contributed by atoms with Crippen LogP contribution in [0.15, 0.2) is 48.5 Å². The van der Waals surface area contributed by atoms with Gasteiger partial charge < -0.3 is 0 Å². The second kappa shape index (κ2) is 3.91. The highest BCUT2D eigenvalue weighted by Gasteiger charge is 2.16. The van der Waals surface area contributed by atoms with Gasteiger partial charge in [0.05, 0.1) is 5.56 Å². The summed E-state index contributed by atoms with van der Waals surface area (Å²) in [5, 5.41) is 2.94. The lowest BCUT2D eigenvalue weighted by atomic mass is 9.95. The maximum atomic E-state index is 14.4. The summed E-state index contributed by atoms with van der Waals surface area (Å²) in [6.07, 6.45) is 0. The molecule has 0 unspecified atom stereocenters. The Hall–Kier alpha value is -2.22. The van der Waals surface area contributed by atoms with Gasteiger partial charge in [0.1, 0.15) is 5.82 Å². The van der Waals surface area contributed by atoms with Gasteiger partial charge in [-0.05, 0) is 23.1 Å². The summed E-state index contributed by atoms with van der Waals surface area (Å²) in [7, 11) is 0. The molecule has 0 fully saturated rings. The molecule has 0 radical (unpaired) electrons. The highest BCUT2D eigenvalue weighted by atomic mass is 19.1. The highest BCUT2D eigenvalue weighted by Crippen LogP contribution is 2.31. The van der Waals surface area contributed by atoms with Gasteiger partial charge in [0.25, 0.3) is 0 Å². The summed E-state index contributed by atoms with van der Waals surface area (Å²) < 4.78 is 14.4. The van der Waals surface area contributed by atoms with E-state index in [-0.39, 0.29) is 11.3 Å². The molecule has 0 bridgehead atoms. The Labute approximate surface area is 104 Å². The van der Waals surface area contributed by atoms with E-state index in [1.54, 1.807) is 18.2 Å². The van der Waals surface area contributed by atoms with Crippen molar-refractivity contribution in [2.24, 2.45) is 0 Å². The first-order valence-corrected chi connectivity index (χ1v) is 5.80. The molecular formula is C16H11FO. The van der Waals surface area contributed by atoms with Gasteiger partial charge in [-0.2, -0.15) is 0 Å². The first-order valence-electron chi connectivity index (χ1n) is 5.80. The number of benzene rings is 3. The van der Waals surface area contributed by atoms with Crippen molar-refractivity contribution in [2.45, 2.75) is 6.92 Å². The molecule has 0 aliphatic rings. The van der Waals surface area contributed by atoms with Crippen LogP contribution in [0.4, 0.5) is 4.39 Å². The average molecular weight is 238 g/mol. The molecule has 2 heteroatoms. The summed E-state index contributed by atoms with van der Waals surface area (Å²) in [4.78, 5) is 11.7. The van der Waals surface area contributed by atoms with Gasteiger partial charge in [-0.25, -0.2) is 4.39 Å². The van der Waals surface area contributed by atoms with Crippen LogP contribution in [-0.2, 0) is 0 Å². The molecule has 88 valence electrons. The van der Waals surface area contributed by atoms with Gasteiger partial charge in [-0.3, -0.25) is 4.79 Å². The normalized spacial score (nSPS) is 11.0. The molecule has 0 aliphatic carbocycles. The van der Waals surface area contributed by atoms with Crippen LogP contribution in [0.1, 0.15) is 17.3 Å². The molecule has 0 N–H and O–H groups in total. The van der Waals surface area contributed by atoms with E-state index in [9.17, 15) is 9.18 Å². The van der Waals surface area contributed by atoms with Crippen LogP contribution >= 0.6 is 0 Å². The van der Waals surface area contributed by atoms with Crippen molar-refractivity contribution in [2.75, 3.05) is 0 Å². The smallest absolute Gasteiger partial charge is 0.163 e. The van der Waals surface area contributed by atoms with Crippen molar-refractivity contribution < 1.29 is 9.18 Å². The van der Waals surface area contributed by atoms with Crippen LogP contribution in [0.5, 0.6) is 0 Å². The molecule has 0 aromatic heterocycles. The van der Waals surface area contributed by atoms with Crippen LogP contribution in [0.3, 0.4) is 0 Å². The van der Waals surface area contributed by atoms with E-state index in [0.717, 1.165) is 10.8 Å². The Morgan fingerprint density at radius 2 is 1.28 bits per heavy atom. The third kappa shape index (κ3) is 1.42. The summed E-state index contributed by atoms with van der Waals surface area (Å²) in [5.74, 6) is -0.661. The van der Waals surface area contributed by atoms with Crippen molar-refractivity contribution in [1.82, 2.24) is 0 Å². The minimum absolute atomic E-state index is 0.185. The Morgan fingerprint density at radius 1 is 0.833 bits per heavy atom. The zero-order valence-corrected chi connectivity index (χ0v) is 9.91. The van der Waals surface area contributed by atoms with Crippen molar-refractivity contribution in [3.63, 3.8) is 0 Å². The molecule has 0 saturated heterocycles. The Bertz CT molecular complexity index is 774. The number of hydrogen-bond donors (Lipinski definition) is 0. The molecule has 18 heavy (non-hydrogen) atoms. The van der Waals surface area contributed by atoms with Crippen LogP contribution in [0, 0.1) is 5.82 Å². The second-order valence-electron chi connectivity index (χ2n) is 4.34. The second-order valence-corrected chi connectivity index (χ2v) is 4.34. The minimum Gasteiger partial charge on any atom is -0.294 e. The lowest BCUT2D eigenvalue weighted by molar-refractivity contribution is 0.101. The van der Waals surface area contributed by atoms with E-state index in [4.69, 9.17) is 0 Å². The largest absolute Gasteiger partial charge is 0.294 e. The van der Waals surface area contributed by atoms with Crippen molar-refractivity contribution in [3.8, 4) is 0 Å². The van der Waals surface area contributed by atoms with E-state index in [0.29, 0.717) is 10.8 Å². The standard InChI is InChI=1S/C16H11FO/c1-10(18)15-13-8-4-2-6-11(13)12-7-3-5-9-14(12)16(15)17/h2-9H,1H3. The summed E-state index contributed by atoms with van der Waals surface area (Å²) in [6.45, 7) is 1.40. The van der Waals surface area contributed by atoms with Gasteiger partial charge >= 0.3 is 0 Å². The van der Waals surface area contributed by atoms with Crippen molar-refractivity contribution in [1.29, 1.82) is 0 Å². The fraction of sp³-hybridized carbons (Fsp3) is 0.0625. The molecule has 3 rings (SSSR count). The molecule has 1 nitrogen and oxygen atoms in total. The van der Waals surface area contributed by atoms with Gasteiger partial charge in [-0.15, -0.1) is 0 Å². The maximum Gasteiger partial charge on any atom is 0.163 e. The number of carbonyl (C=O) groups is 1. The third-order valence-electron chi connectivity index (χ3n) is 3.22. The van der Waals surface area contributed by atoms with Gasteiger partial charge in [0, 0.05) is 5.39 Å². The number of rotatable bonds is 1. The molecule has 3 aromatic carbocycles. The average Bonchev–Trinajstić information content (AvgIpc) is 2.39. The van der Waals surface area contributed by atoms with E-state index in [2.05, 4.69) is 0 Å². The maximum absolute atomic E-state index is 14.4. The Balaban J connectivity index is 2.66. The number of hydrogen-bond acceptors (Lipinski definition) is 1. The molecule has 0 aliphatic heterocycles. The van der Waals surface area contributed by atoms with Gasteiger partial charge in [0.2, 0.25) is 0 Å². The number of carbonyl (C=O) groups excluding carboxylic acids is 1.